The number of hydrogen-bond acceptors (Lipinski definition) is 0. The molecule has 0 aromatic heterocycles. The molecule has 23 heavy (non-hydrogen) atoms. The van der Waals surface area contributed by atoms with Crippen molar-refractivity contribution in [3.8, 4) is 0 Å². The van der Waals surface area contributed by atoms with Crippen LogP contribution in [0, 0.1) is 0 Å². The largest absolute Gasteiger partial charge is 0.0843 e. The molecule has 0 heterocycles. The molecule has 4 rings (SSSR count). The Labute approximate surface area is 144 Å². The Morgan fingerprint density at radius 1 is 0.870 bits per heavy atom. The Hall–Kier alpha value is -1.27. The molecule has 0 bridgehead atoms. The van der Waals surface area contributed by atoms with Crippen molar-refractivity contribution in [3.63, 3.8) is 0 Å². The van der Waals surface area contributed by atoms with E-state index in [-0.39, 0.29) is 0 Å². The monoisotopic (exact) mass is 324 g/mol. The molecule has 0 radical (unpaired) electrons. The summed E-state index contributed by atoms with van der Waals surface area (Å²) < 4.78 is 0. The van der Waals surface area contributed by atoms with E-state index in [1.54, 1.807) is 16.7 Å². The first-order valence-corrected chi connectivity index (χ1v) is 9.42. The normalized spacial score (nSPS) is 26.5. The zero-order chi connectivity index (χ0) is 16.0. The van der Waals surface area contributed by atoms with Crippen molar-refractivity contribution in [2.24, 2.45) is 0 Å². The zero-order valence-electron chi connectivity index (χ0n) is 14.1. The van der Waals surface area contributed by atoms with Gasteiger partial charge in [0.15, 0.2) is 0 Å². The van der Waals surface area contributed by atoms with Crippen LogP contribution in [-0.4, -0.2) is 0 Å². The Morgan fingerprint density at radius 3 is 2.52 bits per heavy atom. The van der Waals surface area contributed by atoms with Crippen molar-refractivity contribution < 1.29 is 0 Å². The highest BCUT2D eigenvalue weighted by Crippen LogP contribution is 2.44. The van der Waals surface area contributed by atoms with Gasteiger partial charge in [-0.15, -0.1) is 0 Å². The van der Waals surface area contributed by atoms with Gasteiger partial charge in [-0.1, -0.05) is 49.7 Å². The minimum Gasteiger partial charge on any atom is -0.0843 e. The molecule has 2 aromatic carbocycles. The van der Waals surface area contributed by atoms with Crippen LogP contribution in [0.3, 0.4) is 0 Å². The average molecular weight is 325 g/mol. The minimum atomic E-state index is 0.579. The van der Waals surface area contributed by atoms with E-state index >= 15 is 0 Å². The van der Waals surface area contributed by atoms with Gasteiger partial charge in [-0.25, -0.2) is 0 Å². The maximum absolute atomic E-state index is 6.17. The lowest BCUT2D eigenvalue weighted by Crippen LogP contribution is -2.18. The molecule has 1 heteroatoms. The van der Waals surface area contributed by atoms with Gasteiger partial charge in [-0.05, 0) is 89.8 Å². The van der Waals surface area contributed by atoms with Crippen molar-refractivity contribution in [2.45, 2.75) is 63.7 Å². The van der Waals surface area contributed by atoms with Gasteiger partial charge < -0.3 is 0 Å². The Kier molecular flexibility index (Phi) is 3.97. The highest BCUT2D eigenvalue weighted by Gasteiger charge is 2.28. The molecule has 0 nitrogen and oxygen atoms in total. The topological polar surface area (TPSA) is 0 Å². The number of rotatable bonds is 1. The summed E-state index contributed by atoms with van der Waals surface area (Å²) in [5.74, 6) is 1.96. The molecule has 0 N–H and O–H groups in total. The number of fused-ring (bicyclic) bond motifs is 2. The molecular weight excluding hydrogens is 300 g/mol. The third-order valence-electron chi connectivity index (χ3n) is 6.13. The fourth-order valence-electron chi connectivity index (χ4n) is 4.78. The van der Waals surface area contributed by atoms with Gasteiger partial charge in [-0.3, -0.25) is 0 Å². The van der Waals surface area contributed by atoms with E-state index in [4.69, 9.17) is 11.6 Å². The van der Waals surface area contributed by atoms with Gasteiger partial charge >= 0.3 is 0 Å². The van der Waals surface area contributed by atoms with Crippen LogP contribution in [0.2, 0.25) is 5.02 Å². The van der Waals surface area contributed by atoms with E-state index in [0.717, 1.165) is 17.4 Å². The maximum Gasteiger partial charge on any atom is 0.0408 e. The molecule has 2 aliphatic rings. The number of halogens is 1. The van der Waals surface area contributed by atoms with E-state index in [9.17, 15) is 0 Å². The van der Waals surface area contributed by atoms with Crippen LogP contribution in [0.25, 0.3) is 0 Å². The molecule has 0 saturated heterocycles. The molecule has 0 saturated carbocycles. The standard InChI is InChI=1S/C22H25Cl/c1-14-4-3-5-16-12-17(6-9-20(14)16)21-10-7-18-13-19(23)8-11-22(18)15(21)2/h6,8-9,11-15,21H,3-5,7,10H2,1-2H3/t14-,15-,21?/m0/s1. The van der Waals surface area contributed by atoms with Crippen molar-refractivity contribution >= 4 is 11.6 Å². The SMILES string of the molecule is C[C@@H]1c2ccc(Cl)cc2CCC1c1ccc2c(c1)CCC[C@@H]2C. The highest BCUT2D eigenvalue weighted by atomic mass is 35.5. The van der Waals surface area contributed by atoms with Crippen molar-refractivity contribution in [3.05, 3.63) is 69.2 Å². The third kappa shape index (κ3) is 2.72. The molecule has 2 aromatic rings. The smallest absolute Gasteiger partial charge is 0.0408 e. The Bertz CT molecular complexity index is 731. The van der Waals surface area contributed by atoms with E-state index in [0.29, 0.717) is 11.8 Å². The first-order valence-electron chi connectivity index (χ1n) is 9.04. The van der Waals surface area contributed by atoms with Gasteiger partial charge in [0, 0.05) is 5.02 Å². The summed E-state index contributed by atoms with van der Waals surface area (Å²) in [5.41, 5.74) is 7.70. The second-order valence-corrected chi connectivity index (χ2v) is 7.96. The Balaban J connectivity index is 1.68. The van der Waals surface area contributed by atoms with Gasteiger partial charge in [0.25, 0.3) is 0 Å². The van der Waals surface area contributed by atoms with Crippen molar-refractivity contribution in [1.82, 2.24) is 0 Å². The lowest BCUT2D eigenvalue weighted by atomic mass is 9.72. The molecule has 3 atom stereocenters. The molecule has 120 valence electrons. The fraction of sp³-hybridized carbons (Fsp3) is 0.455. The molecular formula is C22H25Cl. The van der Waals surface area contributed by atoms with Crippen molar-refractivity contribution in [2.75, 3.05) is 0 Å². The molecule has 0 aliphatic heterocycles. The fourth-order valence-corrected chi connectivity index (χ4v) is 4.97. The van der Waals surface area contributed by atoms with Crippen LogP contribution < -0.4 is 0 Å². The lowest BCUT2D eigenvalue weighted by molar-refractivity contribution is 0.500. The highest BCUT2D eigenvalue weighted by molar-refractivity contribution is 6.30. The predicted octanol–water partition coefficient (Wildman–Crippen LogP) is 6.61. The summed E-state index contributed by atoms with van der Waals surface area (Å²) in [4.78, 5) is 0. The molecule has 0 fully saturated rings. The summed E-state index contributed by atoms with van der Waals surface area (Å²) >= 11 is 6.17. The van der Waals surface area contributed by atoms with Crippen molar-refractivity contribution in [1.29, 1.82) is 0 Å². The minimum absolute atomic E-state index is 0.579. The van der Waals surface area contributed by atoms with Crippen LogP contribution in [0.15, 0.2) is 36.4 Å². The Morgan fingerprint density at radius 2 is 1.65 bits per heavy atom. The second-order valence-electron chi connectivity index (χ2n) is 7.53. The van der Waals surface area contributed by atoms with Gasteiger partial charge in [-0.2, -0.15) is 0 Å². The second kappa shape index (κ2) is 5.98. The number of benzene rings is 2. The predicted molar refractivity (Wildman–Crippen MR) is 98.7 cm³/mol. The first kappa shape index (κ1) is 15.3. The zero-order valence-corrected chi connectivity index (χ0v) is 14.9. The molecule has 2 aliphatic carbocycles. The van der Waals surface area contributed by atoms with Gasteiger partial charge in [0.2, 0.25) is 0 Å². The maximum atomic E-state index is 6.17. The van der Waals surface area contributed by atoms with E-state index in [2.05, 4.69) is 44.2 Å². The average Bonchev–Trinajstić information content (AvgIpc) is 2.55. The van der Waals surface area contributed by atoms with Crippen LogP contribution in [0.4, 0.5) is 0 Å². The van der Waals surface area contributed by atoms with Gasteiger partial charge in [0.1, 0.15) is 0 Å². The molecule has 0 spiro atoms. The summed E-state index contributed by atoms with van der Waals surface area (Å²) in [6, 6.07) is 13.8. The molecule has 1 unspecified atom stereocenters. The summed E-state index contributed by atoms with van der Waals surface area (Å²) in [6.45, 7) is 4.76. The summed E-state index contributed by atoms with van der Waals surface area (Å²) in [5, 5.41) is 0.872. The van der Waals surface area contributed by atoms with Crippen LogP contribution in [-0.2, 0) is 12.8 Å². The quantitative estimate of drug-likeness (QED) is 0.553. The van der Waals surface area contributed by atoms with Crippen LogP contribution in [0.5, 0.6) is 0 Å². The summed E-state index contributed by atoms with van der Waals surface area (Å²) in [6.07, 6.45) is 6.35. The van der Waals surface area contributed by atoms with E-state index in [1.165, 1.54) is 36.8 Å². The first-order chi connectivity index (χ1) is 11.1. The molecule has 0 amide bonds. The number of aryl methyl sites for hydroxylation is 2. The van der Waals surface area contributed by atoms with Crippen LogP contribution >= 0.6 is 11.6 Å². The van der Waals surface area contributed by atoms with Crippen LogP contribution in [0.1, 0.15) is 78.7 Å². The summed E-state index contributed by atoms with van der Waals surface area (Å²) in [7, 11) is 0. The van der Waals surface area contributed by atoms with E-state index < -0.39 is 0 Å². The third-order valence-corrected chi connectivity index (χ3v) is 6.37. The number of hydrogen-bond donors (Lipinski definition) is 0. The lowest BCUT2D eigenvalue weighted by Gasteiger charge is -2.33. The van der Waals surface area contributed by atoms with E-state index in [1.807, 2.05) is 6.07 Å². The van der Waals surface area contributed by atoms with Gasteiger partial charge in [0.05, 0.1) is 0 Å².